The summed E-state index contributed by atoms with van der Waals surface area (Å²) in [6, 6.07) is 7.92. The van der Waals surface area contributed by atoms with Crippen molar-refractivity contribution in [1.29, 1.82) is 0 Å². The molecule has 0 atom stereocenters. The van der Waals surface area contributed by atoms with Crippen LogP contribution in [-0.2, 0) is 0 Å². The van der Waals surface area contributed by atoms with Crippen LogP contribution in [0.3, 0.4) is 0 Å². The van der Waals surface area contributed by atoms with Gasteiger partial charge in [0.25, 0.3) is 11.6 Å². The van der Waals surface area contributed by atoms with Crippen LogP contribution in [-0.4, -0.2) is 43.0 Å². The molecule has 0 saturated carbocycles. The standard InChI is InChI=1S/C18H21N5O3/c1-21(2)16-7-6-14(23(25)26)11-15(16)18(24)20-13-5-8-17(19-12-13)22-9-3-4-10-22/h5-8,11-12H,3-4,9-10H2,1-2H3,(H,20,24). The predicted octanol–water partition coefficient (Wildman–Crippen LogP) is 2.91. The quantitative estimate of drug-likeness (QED) is 0.655. The molecule has 1 saturated heterocycles. The minimum atomic E-state index is -0.511. The highest BCUT2D eigenvalue weighted by Crippen LogP contribution is 2.25. The Hall–Kier alpha value is -3.16. The van der Waals surface area contributed by atoms with Gasteiger partial charge in [-0.15, -0.1) is 0 Å². The van der Waals surface area contributed by atoms with Crippen LogP contribution in [0.2, 0.25) is 0 Å². The highest BCUT2D eigenvalue weighted by atomic mass is 16.6. The van der Waals surface area contributed by atoms with Gasteiger partial charge in [-0.25, -0.2) is 4.98 Å². The highest BCUT2D eigenvalue weighted by Gasteiger charge is 2.19. The molecule has 1 aliphatic rings. The van der Waals surface area contributed by atoms with E-state index in [2.05, 4.69) is 15.2 Å². The number of benzene rings is 1. The number of carbonyl (C=O) groups is 1. The summed E-state index contributed by atoms with van der Waals surface area (Å²) in [5.74, 6) is 0.484. The zero-order valence-corrected chi connectivity index (χ0v) is 14.8. The van der Waals surface area contributed by atoms with Crippen molar-refractivity contribution in [3.8, 4) is 0 Å². The minimum absolute atomic E-state index is 0.122. The van der Waals surface area contributed by atoms with Gasteiger partial charge >= 0.3 is 0 Å². The second-order valence-electron chi connectivity index (χ2n) is 6.41. The number of nitrogens with one attached hydrogen (secondary N) is 1. The Bertz CT molecular complexity index is 814. The fourth-order valence-electron chi connectivity index (χ4n) is 3.00. The van der Waals surface area contributed by atoms with E-state index < -0.39 is 10.8 Å². The third-order valence-electron chi connectivity index (χ3n) is 4.35. The maximum absolute atomic E-state index is 12.7. The first-order chi connectivity index (χ1) is 12.5. The molecule has 1 fully saturated rings. The Balaban J connectivity index is 1.80. The van der Waals surface area contributed by atoms with Crippen molar-refractivity contribution in [2.75, 3.05) is 42.3 Å². The van der Waals surface area contributed by atoms with Crippen LogP contribution >= 0.6 is 0 Å². The van der Waals surface area contributed by atoms with Gasteiger partial charge in [0.2, 0.25) is 0 Å². The lowest BCUT2D eigenvalue weighted by Crippen LogP contribution is -2.20. The predicted molar refractivity (Wildman–Crippen MR) is 101 cm³/mol. The molecular formula is C18H21N5O3. The van der Waals surface area contributed by atoms with Crippen LogP contribution in [0.4, 0.5) is 22.9 Å². The van der Waals surface area contributed by atoms with Crippen LogP contribution in [0.5, 0.6) is 0 Å². The van der Waals surface area contributed by atoms with Crippen molar-refractivity contribution in [2.45, 2.75) is 12.8 Å². The third kappa shape index (κ3) is 3.74. The molecule has 0 aliphatic carbocycles. The van der Waals surface area contributed by atoms with Crippen molar-refractivity contribution < 1.29 is 9.72 Å². The van der Waals surface area contributed by atoms with E-state index in [0.717, 1.165) is 18.9 Å². The van der Waals surface area contributed by atoms with Gasteiger partial charge in [0.05, 0.1) is 22.4 Å². The number of hydrogen-bond acceptors (Lipinski definition) is 6. The van der Waals surface area contributed by atoms with E-state index >= 15 is 0 Å². The number of aromatic nitrogens is 1. The molecule has 8 nitrogen and oxygen atoms in total. The first-order valence-corrected chi connectivity index (χ1v) is 8.44. The van der Waals surface area contributed by atoms with Crippen molar-refractivity contribution in [1.82, 2.24) is 4.98 Å². The number of pyridine rings is 1. The van der Waals surface area contributed by atoms with E-state index in [1.807, 2.05) is 6.07 Å². The van der Waals surface area contributed by atoms with Crippen molar-refractivity contribution in [3.63, 3.8) is 0 Å². The zero-order chi connectivity index (χ0) is 18.7. The first kappa shape index (κ1) is 17.7. The Morgan fingerprint density at radius 2 is 1.96 bits per heavy atom. The van der Waals surface area contributed by atoms with Crippen LogP contribution in [0, 0.1) is 10.1 Å². The number of nitro benzene ring substituents is 1. The molecule has 1 aliphatic heterocycles. The molecule has 1 aromatic carbocycles. The summed E-state index contributed by atoms with van der Waals surface area (Å²) in [7, 11) is 3.56. The molecule has 1 aromatic heterocycles. The summed E-state index contributed by atoms with van der Waals surface area (Å²) in [6.07, 6.45) is 3.94. The van der Waals surface area contributed by atoms with Gasteiger partial charge in [-0.1, -0.05) is 0 Å². The molecule has 8 heteroatoms. The topological polar surface area (TPSA) is 91.6 Å². The lowest BCUT2D eigenvalue weighted by Gasteiger charge is -2.18. The van der Waals surface area contributed by atoms with E-state index in [1.165, 1.54) is 25.0 Å². The highest BCUT2D eigenvalue weighted by molar-refractivity contribution is 6.08. The maximum atomic E-state index is 12.7. The van der Waals surface area contributed by atoms with E-state index in [1.54, 1.807) is 37.3 Å². The SMILES string of the molecule is CN(C)c1ccc([N+](=O)[O-])cc1C(=O)Nc1ccc(N2CCCC2)nc1. The number of hydrogen-bond donors (Lipinski definition) is 1. The summed E-state index contributed by atoms with van der Waals surface area (Å²) < 4.78 is 0. The van der Waals surface area contributed by atoms with Gasteiger partial charge < -0.3 is 15.1 Å². The van der Waals surface area contributed by atoms with Gasteiger partial charge in [0, 0.05) is 45.0 Å². The largest absolute Gasteiger partial charge is 0.377 e. The number of non-ortho nitro benzene ring substituents is 1. The Morgan fingerprint density at radius 3 is 2.54 bits per heavy atom. The average Bonchev–Trinajstić information content (AvgIpc) is 3.16. The van der Waals surface area contributed by atoms with Gasteiger partial charge in [0.1, 0.15) is 5.82 Å². The monoisotopic (exact) mass is 355 g/mol. The Kier molecular flexibility index (Phi) is 5.01. The van der Waals surface area contributed by atoms with Crippen LogP contribution < -0.4 is 15.1 Å². The average molecular weight is 355 g/mol. The number of nitro groups is 1. The van der Waals surface area contributed by atoms with Gasteiger partial charge in [0.15, 0.2) is 0 Å². The van der Waals surface area contributed by atoms with Crippen LogP contribution in [0.1, 0.15) is 23.2 Å². The maximum Gasteiger partial charge on any atom is 0.270 e. The summed E-state index contributed by atoms with van der Waals surface area (Å²) in [6.45, 7) is 2.00. The zero-order valence-electron chi connectivity index (χ0n) is 14.8. The summed E-state index contributed by atoms with van der Waals surface area (Å²) in [5, 5.41) is 13.8. The molecule has 2 aromatic rings. The van der Waals surface area contributed by atoms with Crippen LogP contribution in [0.15, 0.2) is 36.5 Å². The molecule has 0 spiro atoms. The summed E-state index contributed by atoms with van der Waals surface area (Å²) in [5.41, 5.74) is 1.28. The minimum Gasteiger partial charge on any atom is -0.377 e. The molecule has 0 bridgehead atoms. The van der Waals surface area contributed by atoms with Crippen LogP contribution in [0.25, 0.3) is 0 Å². The van der Waals surface area contributed by atoms with Crippen molar-refractivity contribution >= 4 is 28.8 Å². The summed E-state index contributed by atoms with van der Waals surface area (Å²) in [4.78, 5) is 31.5. The van der Waals surface area contributed by atoms with Gasteiger partial charge in [-0.2, -0.15) is 0 Å². The number of anilines is 3. The lowest BCUT2D eigenvalue weighted by molar-refractivity contribution is -0.384. The van der Waals surface area contributed by atoms with Crippen molar-refractivity contribution in [2.24, 2.45) is 0 Å². The summed E-state index contributed by atoms with van der Waals surface area (Å²) >= 11 is 0. The van der Waals surface area contributed by atoms with E-state index in [0.29, 0.717) is 11.4 Å². The fraction of sp³-hybridized carbons (Fsp3) is 0.333. The second-order valence-corrected chi connectivity index (χ2v) is 6.41. The Morgan fingerprint density at radius 1 is 1.23 bits per heavy atom. The molecule has 3 rings (SSSR count). The van der Waals surface area contributed by atoms with Gasteiger partial charge in [-0.05, 0) is 31.0 Å². The fourth-order valence-corrected chi connectivity index (χ4v) is 3.00. The molecule has 0 unspecified atom stereocenters. The smallest absolute Gasteiger partial charge is 0.270 e. The molecule has 2 heterocycles. The lowest BCUT2D eigenvalue weighted by atomic mass is 10.1. The normalized spacial score (nSPS) is 13.5. The van der Waals surface area contributed by atoms with E-state index in [4.69, 9.17) is 0 Å². The second kappa shape index (κ2) is 7.38. The molecule has 136 valence electrons. The number of nitrogens with zero attached hydrogens (tertiary/aromatic N) is 4. The Labute approximate surface area is 151 Å². The molecule has 1 amide bonds. The first-order valence-electron chi connectivity index (χ1n) is 8.44. The van der Waals surface area contributed by atoms with Crippen molar-refractivity contribution in [3.05, 3.63) is 52.2 Å². The molecular weight excluding hydrogens is 334 g/mol. The number of amides is 1. The van der Waals surface area contributed by atoms with Gasteiger partial charge in [-0.3, -0.25) is 14.9 Å². The van der Waals surface area contributed by atoms with E-state index in [9.17, 15) is 14.9 Å². The molecule has 1 N–H and O–H groups in total. The number of carbonyl (C=O) groups excluding carboxylic acids is 1. The molecule has 26 heavy (non-hydrogen) atoms. The van der Waals surface area contributed by atoms with E-state index in [-0.39, 0.29) is 11.3 Å². The third-order valence-corrected chi connectivity index (χ3v) is 4.35. The molecule has 0 radical (unpaired) electrons. The number of rotatable bonds is 5.